The number of nitrogens with zero attached hydrogens (tertiary/aromatic N) is 3. The van der Waals surface area contributed by atoms with E-state index in [1.165, 1.54) is 6.07 Å². The number of halogens is 1. The molecule has 2 heterocycles. The van der Waals surface area contributed by atoms with Gasteiger partial charge < -0.3 is 4.90 Å². The van der Waals surface area contributed by atoms with E-state index >= 15 is 0 Å². The highest BCUT2D eigenvalue weighted by atomic mass is 19.1. The molecule has 1 aliphatic rings. The quantitative estimate of drug-likeness (QED) is 0.941. The molecule has 1 aliphatic heterocycles. The number of nitrogens with one attached hydrogen (secondary N) is 1. The van der Waals surface area contributed by atoms with Crippen LogP contribution >= 0.6 is 0 Å². The van der Waals surface area contributed by atoms with Crippen molar-refractivity contribution in [3.8, 4) is 0 Å². The molecule has 0 saturated carbocycles. The van der Waals surface area contributed by atoms with E-state index in [2.05, 4.69) is 15.1 Å². The van der Waals surface area contributed by atoms with Crippen molar-refractivity contribution in [3.05, 3.63) is 53.1 Å². The summed E-state index contributed by atoms with van der Waals surface area (Å²) in [6.07, 6.45) is 1.58. The molecule has 1 saturated heterocycles. The van der Waals surface area contributed by atoms with E-state index < -0.39 is 0 Å². The third kappa shape index (κ3) is 3.17. The van der Waals surface area contributed by atoms with Crippen molar-refractivity contribution in [1.29, 1.82) is 0 Å². The van der Waals surface area contributed by atoms with Gasteiger partial charge in [0.25, 0.3) is 5.91 Å². The molecule has 0 unspecified atom stereocenters. The lowest BCUT2D eigenvalue weighted by Gasteiger charge is -2.34. The van der Waals surface area contributed by atoms with Crippen LogP contribution in [0.15, 0.2) is 30.5 Å². The van der Waals surface area contributed by atoms with E-state index in [0.717, 1.165) is 24.3 Å². The molecule has 0 radical (unpaired) electrons. The van der Waals surface area contributed by atoms with Crippen LogP contribution in [0.4, 0.5) is 4.39 Å². The van der Waals surface area contributed by atoms with E-state index in [1.54, 1.807) is 18.3 Å². The van der Waals surface area contributed by atoms with Crippen molar-refractivity contribution in [2.24, 2.45) is 0 Å². The van der Waals surface area contributed by atoms with Crippen molar-refractivity contribution in [1.82, 2.24) is 20.0 Å². The fraction of sp³-hybridized carbons (Fsp3) is 0.375. The Morgan fingerprint density at radius 1 is 1.32 bits per heavy atom. The summed E-state index contributed by atoms with van der Waals surface area (Å²) < 4.78 is 13.2. The largest absolute Gasteiger partial charge is 0.336 e. The minimum absolute atomic E-state index is 0.0247. The number of aryl methyl sites for hydroxylation is 1. The number of hydrogen-bond donors (Lipinski definition) is 1. The molecule has 5 nitrogen and oxygen atoms in total. The molecule has 3 rings (SSSR count). The number of piperazine rings is 1. The summed E-state index contributed by atoms with van der Waals surface area (Å²) in [7, 11) is 0. The number of carbonyl (C=O) groups excluding carboxylic acids is 1. The Hall–Kier alpha value is -2.21. The fourth-order valence-corrected chi connectivity index (χ4v) is 2.74. The molecule has 0 atom stereocenters. The van der Waals surface area contributed by atoms with Gasteiger partial charge in [-0.2, -0.15) is 5.10 Å². The van der Waals surface area contributed by atoms with Crippen LogP contribution in [0.2, 0.25) is 0 Å². The lowest BCUT2D eigenvalue weighted by atomic mass is 10.1. The van der Waals surface area contributed by atoms with Crippen LogP contribution in [0, 0.1) is 12.7 Å². The second-order valence-electron chi connectivity index (χ2n) is 5.61. The van der Waals surface area contributed by atoms with Crippen LogP contribution in [0.25, 0.3) is 0 Å². The predicted molar refractivity (Wildman–Crippen MR) is 80.9 cm³/mol. The first-order chi connectivity index (χ1) is 10.6. The zero-order chi connectivity index (χ0) is 15.5. The van der Waals surface area contributed by atoms with Gasteiger partial charge in [0, 0.05) is 38.4 Å². The van der Waals surface area contributed by atoms with E-state index in [4.69, 9.17) is 0 Å². The van der Waals surface area contributed by atoms with Crippen LogP contribution in [0.1, 0.15) is 21.6 Å². The Kier molecular flexibility index (Phi) is 4.20. The second-order valence-corrected chi connectivity index (χ2v) is 5.61. The van der Waals surface area contributed by atoms with Gasteiger partial charge in [-0.05, 0) is 24.6 Å². The van der Waals surface area contributed by atoms with Crippen molar-refractivity contribution >= 4 is 5.91 Å². The summed E-state index contributed by atoms with van der Waals surface area (Å²) >= 11 is 0. The van der Waals surface area contributed by atoms with Gasteiger partial charge in [0.05, 0.1) is 11.8 Å². The molecule has 22 heavy (non-hydrogen) atoms. The maximum atomic E-state index is 13.2. The smallest absolute Gasteiger partial charge is 0.257 e. The second kappa shape index (κ2) is 6.27. The van der Waals surface area contributed by atoms with Crippen molar-refractivity contribution < 1.29 is 9.18 Å². The number of H-pyrrole nitrogens is 1. The Labute approximate surface area is 128 Å². The lowest BCUT2D eigenvalue weighted by molar-refractivity contribution is 0.0628. The first kappa shape index (κ1) is 14.7. The summed E-state index contributed by atoms with van der Waals surface area (Å²) in [5.74, 6) is -0.182. The van der Waals surface area contributed by atoms with Gasteiger partial charge in [0.2, 0.25) is 0 Å². The normalized spacial score (nSPS) is 16.0. The molecule has 1 aromatic heterocycles. The Morgan fingerprint density at radius 3 is 2.73 bits per heavy atom. The molecular weight excluding hydrogens is 283 g/mol. The first-order valence-electron chi connectivity index (χ1n) is 7.39. The molecule has 6 heteroatoms. The number of benzene rings is 1. The standard InChI is InChI=1S/C16H19FN4O/c1-12-15(10-18-19-12)16(22)21-7-5-20(6-8-21)11-13-3-2-4-14(17)9-13/h2-4,9-10H,5-8,11H2,1H3,(H,18,19). The molecule has 0 aliphatic carbocycles. The number of aromatic amines is 1. The maximum absolute atomic E-state index is 13.2. The molecule has 1 amide bonds. The summed E-state index contributed by atoms with van der Waals surface area (Å²) in [5.41, 5.74) is 2.40. The van der Waals surface area contributed by atoms with Crippen LogP contribution < -0.4 is 0 Å². The Bertz CT molecular complexity index is 662. The molecule has 1 aromatic carbocycles. The zero-order valence-electron chi connectivity index (χ0n) is 12.6. The highest BCUT2D eigenvalue weighted by Gasteiger charge is 2.23. The number of carbonyl (C=O) groups is 1. The van der Waals surface area contributed by atoms with E-state index in [9.17, 15) is 9.18 Å². The SMILES string of the molecule is Cc1[nH]ncc1C(=O)N1CCN(Cc2cccc(F)c2)CC1. The first-order valence-corrected chi connectivity index (χ1v) is 7.39. The molecule has 1 fully saturated rings. The molecular formula is C16H19FN4O. The van der Waals surface area contributed by atoms with Gasteiger partial charge in [-0.1, -0.05) is 12.1 Å². The van der Waals surface area contributed by atoms with Crippen molar-refractivity contribution in [2.45, 2.75) is 13.5 Å². The van der Waals surface area contributed by atoms with Gasteiger partial charge in [0.15, 0.2) is 0 Å². The number of hydrogen-bond acceptors (Lipinski definition) is 3. The van der Waals surface area contributed by atoms with E-state index in [0.29, 0.717) is 25.2 Å². The summed E-state index contributed by atoms with van der Waals surface area (Å²) in [6, 6.07) is 6.67. The summed E-state index contributed by atoms with van der Waals surface area (Å²) in [6.45, 7) is 5.50. The molecule has 2 aromatic rings. The van der Waals surface area contributed by atoms with Crippen LogP contribution in [0.3, 0.4) is 0 Å². The van der Waals surface area contributed by atoms with Crippen LogP contribution in [-0.2, 0) is 6.54 Å². The molecule has 116 valence electrons. The number of amides is 1. The van der Waals surface area contributed by atoms with Gasteiger partial charge in [-0.25, -0.2) is 4.39 Å². The average molecular weight is 302 g/mol. The minimum Gasteiger partial charge on any atom is -0.336 e. The number of aromatic nitrogens is 2. The highest BCUT2D eigenvalue weighted by Crippen LogP contribution is 2.13. The third-order valence-corrected chi connectivity index (χ3v) is 4.02. The van der Waals surface area contributed by atoms with Crippen LogP contribution in [-0.4, -0.2) is 52.1 Å². The minimum atomic E-state index is -0.207. The number of rotatable bonds is 3. The topological polar surface area (TPSA) is 52.2 Å². The van der Waals surface area contributed by atoms with Gasteiger partial charge >= 0.3 is 0 Å². The maximum Gasteiger partial charge on any atom is 0.257 e. The highest BCUT2D eigenvalue weighted by molar-refractivity contribution is 5.95. The lowest BCUT2D eigenvalue weighted by Crippen LogP contribution is -2.48. The van der Waals surface area contributed by atoms with Gasteiger partial charge in [-0.15, -0.1) is 0 Å². The predicted octanol–water partition coefficient (Wildman–Crippen LogP) is 1.82. The Morgan fingerprint density at radius 2 is 2.09 bits per heavy atom. The fourth-order valence-electron chi connectivity index (χ4n) is 2.74. The Balaban J connectivity index is 1.56. The monoisotopic (exact) mass is 302 g/mol. The average Bonchev–Trinajstić information content (AvgIpc) is 2.93. The summed E-state index contributed by atoms with van der Waals surface area (Å²) in [5, 5.41) is 6.69. The van der Waals surface area contributed by atoms with Crippen LogP contribution in [0.5, 0.6) is 0 Å². The zero-order valence-corrected chi connectivity index (χ0v) is 12.6. The molecule has 0 bridgehead atoms. The van der Waals surface area contributed by atoms with Gasteiger partial charge in [0.1, 0.15) is 5.82 Å². The van der Waals surface area contributed by atoms with E-state index in [-0.39, 0.29) is 11.7 Å². The van der Waals surface area contributed by atoms with Gasteiger partial charge in [-0.3, -0.25) is 14.8 Å². The third-order valence-electron chi connectivity index (χ3n) is 4.02. The van der Waals surface area contributed by atoms with E-state index in [1.807, 2.05) is 17.9 Å². The summed E-state index contributed by atoms with van der Waals surface area (Å²) in [4.78, 5) is 16.5. The molecule has 1 N–H and O–H groups in total. The van der Waals surface area contributed by atoms with Crippen molar-refractivity contribution in [3.63, 3.8) is 0 Å². The van der Waals surface area contributed by atoms with Crippen molar-refractivity contribution in [2.75, 3.05) is 26.2 Å². The molecule has 0 spiro atoms.